The van der Waals surface area contributed by atoms with Gasteiger partial charge in [0.2, 0.25) is 11.7 Å². The SMILES string of the molecule is C=CCO[C@@]12Oc3ccc(Oc4cccc([N+](=O)[O-])c4)cc3[C@H]3[C@H](CCCCO)[C@@H](CCCCO)C=C(C(=NOCc4ccccc4)C[C@@H]1N(Cc1ccc(F)cc1)C(=O)C1CC1)[C@H]32. The van der Waals surface area contributed by atoms with Crippen molar-refractivity contribution in [2.24, 2.45) is 28.8 Å². The predicted octanol–water partition coefficient (Wildman–Crippen LogP) is 9.80. The monoisotopic (exact) mass is 873 g/mol. The molecule has 8 rings (SSSR count). The molecular formula is C51H56FN3O9. The molecule has 4 aromatic carbocycles. The molecule has 2 fully saturated rings. The number of oxime groups is 1. The first-order valence-corrected chi connectivity index (χ1v) is 22.4. The smallest absolute Gasteiger partial charge is 0.273 e. The number of rotatable bonds is 21. The number of benzene rings is 4. The van der Waals surface area contributed by atoms with Gasteiger partial charge in [-0.1, -0.05) is 78.7 Å². The summed E-state index contributed by atoms with van der Waals surface area (Å²) in [5.74, 6) is -1.67. The summed E-state index contributed by atoms with van der Waals surface area (Å²) in [7, 11) is 0. The Morgan fingerprint density at radius 2 is 1.69 bits per heavy atom. The Morgan fingerprint density at radius 3 is 2.41 bits per heavy atom. The highest BCUT2D eigenvalue weighted by atomic mass is 19.1. The summed E-state index contributed by atoms with van der Waals surface area (Å²) in [6, 6.07) is 26.8. The van der Waals surface area contributed by atoms with E-state index in [0.29, 0.717) is 35.8 Å². The molecule has 1 amide bonds. The fourth-order valence-corrected chi connectivity index (χ4v) is 9.96. The second-order valence-corrected chi connectivity index (χ2v) is 17.3. The third kappa shape index (κ3) is 9.76. The molecule has 0 spiro atoms. The van der Waals surface area contributed by atoms with Crippen LogP contribution < -0.4 is 9.47 Å². The highest BCUT2D eigenvalue weighted by molar-refractivity contribution is 6.03. The van der Waals surface area contributed by atoms with Crippen LogP contribution in [0.15, 0.2) is 127 Å². The Labute approximate surface area is 373 Å². The summed E-state index contributed by atoms with van der Waals surface area (Å²) >= 11 is 0. The molecule has 0 aromatic heterocycles. The molecule has 64 heavy (non-hydrogen) atoms. The molecule has 12 nitrogen and oxygen atoms in total. The summed E-state index contributed by atoms with van der Waals surface area (Å²) < 4.78 is 35.1. The minimum atomic E-state index is -1.48. The van der Waals surface area contributed by atoms with Gasteiger partial charge in [0.15, 0.2) is 0 Å². The van der Waals surface area contributed by atoms with Crippen LogP contribution in [0.4, 0.5) is 10.1 Å². The lowest BCUT2D eigenvalue weighted by Gasteiger charge is -2.60. The number of unbranched alkanes of at least 4 members (excludes halogenated alkanes) is 2. The maximum absolute atomic E-state index is 14.8. The number of aliphatic hydroxyl groups excluding tert-OH is 2. The largest absolute Gasteiger partial charge is 0.459 e. The molecule has 4 aromatic rings. The van der Waals surface area contributed by atoms with Gasteiger partial charge in [0.05, 0.1) is 29.2 Å². The molecule has 336 valence electrons. The Kier molecular flexibility index (Phi) is 14.2. The van der Waals surface area contributed by atoms with E-state index in [1.54, 1.807) is 36.4 Å². The maximum Gasteiger partial charge on any atom is 0.273 e. The molecule has 2 saturated carbocycles. The van der Waals surface area contributed by atoms with Gasteiger partial charge in [-0.3, -0.25) is 14.9 Å². The van der Waals surface area contributed by atoms with Gasteiger partial charge in [-0.25, -0.2) is 4.39 Å². The maximum atomic E-state index is 14.8. The number of nitro groups is 1. The van der Waals surface area contributed by atoms with Crippen molar-refractivity contribution in [3.05, 3.63) is 154 Å². The number of nitrogens with zero attached hydrogens (tertiary/aromatic N) is 3. The standard InChI is InChI=1S/C51H56FN3O9/c1-2-27-61-51-47(54(50(58)36-19-20-36)32-34-17-21-38(52)22-18-34)31-45(53-62-33-35-11-4-3-5-12-35)43-28-37(13-6-8-25-56)42(16-7-9-26-57)48(49(43)51)44-30-41(23-24-46(44)64-51)63-40-15-10-14-39(29-40)55(59)60/h2-5,10-12,14-15,17-18,21-24,28-30,36-37,42,47-49,56-57H,1,6-9,13,16,19-20,25-27,31-33H2/t37-,42+,47-,48+,49+,51+/m0/s1. The van der Waals surface area contributed by atoms with Crippen LogP contribution in [0.25, 0.3) is 0 Å². The van der Waals surface area contributed by atoms with Crippen LogP contribution in [0.2, 0.25) is 0 Å². The zero-order valence-electron chi connectivity index (χ0n) is 35.9. The highest BCUT2D eigenvalue weighted by Gasteiger charge is 2.66. The lowest BCUT2D eigenvalue weighted by Crippen LogP contribution is -2.70. The lowest BCUT2D eigenvalue weighted by molar-refractivity contribution is -0.384. The molecule has 6 atom stereocenters. The van der Waals surface area contributed by atoms with Gasteiger partial charge >= 0.3 is 0 Å². The number of fused-ring (bicyclic) bond motifs is 2. The first-order chi connectivity index (χ1) is 31.2. The number of aliphatic hydroxyl groups is 2. The van der Waals surface area contributed by atoms with Crippen molar-refractivity contribution >= 4 is 17.3 Å². The number of carbonyl (C=O) groups excluding carboxylic acids is 1. The Balaban J connectivity index is 1.33. The van der Waals surface area contributed by atoms with E-state index in [1.807, 2.05) is 47.4 Å². The number of ether oxygens (including phenoxy) is 3. The molecule has 3 aliphatic carbocycles. The van der Waals surface area contributed by atoms with E-state index in [0.717, 1.165) is 60.8 Å². The number of non-ortho nitro benzene ring substituents is 1. The number of hydrogen-bond donors (Lipinski definition) is 2. The van der Waals surface area contributed by atoms with Crippen LogP contribution >= 0.6 is 0 Å². The van der Waals surface area contributed by atoms with E-state index in [-0.39, 0.29) is 80.5 Å². The Hall–Kier alpha value is -5.89. The van der Waals surface area contributed by atoms with Crippen molar-refractivity contribution < 1.29 is 43.4 Å². The molecule has 0 bridgehead atoms. The molecule has 1 heterocycles. The summed E-state index contributed by atoms with van der Waals surface area (Å²) in [6.07, 6.45) is 9.97. The van der Waals surface area contributed by atoms with Gasteiger partial charge in [-0.2, -0.15) is 0 Å². The van der Waals surface area contributed by atoms with Gasteiger partial charge in [0, 0.05) is 49.6 Å². The van der Waals surface area contributed by atoms with Gasteiger partial charge in [0.1, 0.15) is 35.7 Å². The molecule has 0 saturated heterocycles. The fourth-order valence-electron chi connectivity index (χ4n) is 9.96. The average molecular weight is 874 g/mol. The van der Waals surface area contributed by atoms with Crippen molar-refractivity contribution in [3.63, 3.8) is 0 Å². The van der Waals surface area contributed by atoms with E-state index in [4.69, 9.17) is 24.2 Å². The summed E-state index contributed by atoms with van der Waals surface area (Å²) in [5.41, 5.74) is 4.00. The van der Waals surface area contributed by atoms with E-state index < -0.39 is 22.7 Å². The number of carbonyl (C=O) groups is 1. The van der Waals surface area contributed by atoms with Gasteiger partial charge in [-0.15, -0.1) is 6.58 Å². The minimum Gasteiger partial charge on any atom is -0.459 e. The van der Waals surface area contributed by atoms with Gasteiger partial charge in [0.25, 0.3) is 5.69 Å². The number of allylic oxidation sites excluding steroid dienone is 1. The van der Waals surface area contributed by atoms with E-state index >= 15 is 0 Å². The summed E-state index contributed by atoms with van der Waals surface area (Å²) in [4.78, 5) is 34.1. The summed E-state index contributed by atoms with van der Waals surface area (Å²) in [6.45, 7) is 4.63. The first kappa shape index (κ1) is 44.7. The number of amides is 1. The van der Waals surface area contributed by atoms with Crippen LogP contribution in [0, 0.1) is 39.6 Å². The molecule has 13 heteroatoms. The third-order valence-corrected chi connectivity index (χ3v) is 13.0. The zero-order valence-corrected chi connectivity index (χ0v) is 35.9. The third-order valence-electron chi connectivity index (χ3n) is 13.0. The van der Waals surface area contributed by atoms with Crippen LogP contribution in [0.1, 0.15) is 80.4 Å². The number of halogens is 1. The molecule has 2 N–H and O–H groups in total. The van der Waals surface area contributed by atoms with E-state index in [9.17, 15) is 29.5 Å². The lowest BCUT2D eigenvalue weighted by atomic mass is 9.55. The van der Waals surface area contributed by atoms with Gasteiger partial charge < -0.3 is 34.2 Å². The molecule has 4 aliphatic rings. The fraction of sp³-hybridized carbons (Fsp3) is 0.412. The number of hydrogen-bond acceptors (Lipinski definition) is 10. The second-order valence-electron chi connectivity index (χ2n) is 17.3. The molecule has 0 unspecified atom stereocenters. The quantitative estimate of drug-likeness (QED) is 0.0361. The van der Waals surface area contributed by atoms with E-state index in [2.05, 4.69) is 12.7 Å². The van der Waals surface area contributed by atoms with Crippen molar-refractivity contribution in [2.45, 2.75) is 88.7 Å². The van der Waals surface area contributed by atoms with Crippen LogP contribution in [-0.4, -0.2) is 63.3 Å². The van der Waals surface area contributed by atoms with E-state index in [1.165, 1.54) is 24.3 Å². The van der Waals surface area contributed by atoms with Crippen molar-refractivity contribution in [3.8, 4) is 17.2 Å². The van der Waals surface area contributed by atoms with Crippen molar-refractivity contribution in [1.82, 2.24) is 4.90 Å². The van der Waals surface area contributed by atoms with Crippen LogP contribution in [0.3, 0.4) is 0 Å². The predicted molar refractivity (Wildman–Crippen MR) is 239 cm³/mol. The van der Waals surface area contributed by atoms with Crippen LogP contribution in [-0.2, 0) is 27.5 Å². The molecule has 1 aliphatic heterocycles. The van der Waals surface area contributed by atoms with Crippen molar-refractivity contribution in [2.75, 3.05) is 19.8 Å². The molecular weight excluding hydrogens is 818 g/mol. The van der Waals surface area contributed by atoms with Crippen molar-refractivity contribution in [1.29, 1.82) is 0 Å². The summed E-state index contributed by atoms with van der Waals surface area (Å²) in [5, 5.41) is 36.5. The second kappa shape index (κ2) is 20.3. The Bertz CT molecular complexity index is 2340. The van der Waals surface area contributed by atoms with Crippen LogP contribution in [0.5, 0.6) is 17.2 Å². The topological polar surface area (TPSA) is 153 Å². The Morgan fingerprint density at radius 1 is 0.938 bits per heavy atom. The zero-order chi connectivity index (χ0) is 44.6. The number of nitro benzene ring substituents is 1. The average Bonchev–Trinajstić information content (AvgIpc) is 4.16. The molecule has 0 radical (unpaired) electrons. The van der Waals surface area contributed by atoms with Gasteiger partial charge in [-0.05, 0) is 103 Å². The first-order valence-electron chi connectivity index (χ1n) is 22.4. The normalized spacial score (nSPS) is 23.8. The highest BCUT2D eigenvalue weighted by Crippen LogP contribution is 2.62. The minimum absolute atomic E-state index is 0.00480.